The van der Waals surface area contributed by atoms with Crippen LogP contribution in [0.4, 0.5) is 5.69 Å². The standard InChI is InChI=1S/C13H17NO3S/c1-9-4-3-5-11(6-9)14-12(15)8-18-7-10(2)13(16)17/h3-6,10H,7-8H2,1-2H3,(H,14,15)(H,16,17). The molecule has 5 heteroatoms. The van der Waals surface area contributed by atoms with Crippen LogP contribution in [0, 0.1) is 12.8 Å². The van der Waals surface area contributed by atoms with Crippen molar-refractivity contribution in [1.82, 2.24) is 0 Å². The molecule has 1 rings (SSSR count). The Morgan fingerprint density at radius 2 is 2.17 bits per heavy atom. The summed E-state index contributed by atoms with van der Waals surface area (Å²) in [4.78, 5) is 22.2. The monoisotopic (exact) mass is 267 g/mol. The van der Waals surface area contributed by atoms with Gasteiger partial charge in [-0.3, -0.25) is 9.59 Å². The number of hydrogen-bond acceptors (Lipinski definition) is 3. The number of benzene rings is 1. The fourth-order valence-electron chi connectivity index (χ4n) is 1.32. The van der Waals surface area contributed by atoms with Crippen LogP contribution in [-0.2, 0) is 9.59 Å². The van der Waals surface area contributed by atoms with Crippen LogP contribution in [0.25, 0.3) is 0 Å². The first-order chi connectivity index (χ1) is 8.49. The van der Waals surface area contributed by atoms with E-state index < -0.39 is 11.9 Å². The lowest BCUT2D eigenvalue weighted by molar-refractivity contribution is -0.140. The Kier molecular flexibility index (Phi) is 5.71. The second-order valence-corrected chi connectivity index (χ2v) is 5.20. The molecule has 1 aromatic carbocycles. The van der Waals surface area contributed by atoms with Crippen LogP contribution in [0.5, 0.6) is 0 Å². The zero-order valence-electron chi connectivity index (χ0n) is 10.5. The maximum absolute atomic E-state index is 11.6. The SMILES string of the molecule is Cc1cccc(NC(=O)CSCC(C)C(=O)O)c1. The molecular weight excluding hydrogens is 250 g/mol. The molecule has 0 spiro atoms. The van der Waals surface area contributed by atoms with Crippen LogP contribution in [-0.4, -0.2) is 28.5 Å². The van der Waals surface area contributed by atoms with Gasteiger partial charge in [0.1, 0.15) is 0 Å². The predicted octanol–water partition coefficient (Wildman–Crippen LogP) is 2.39. The summed E-state index contributed by atoms with van der Waals surface area (Å²) in [7, 11) is 0. The lowest BCUT2D eigenvalue weighted by Crippen LogP contribution is -2.17. The quantitative estimate of drug-likeness (QED) is 0.830. The summed E-state index contributed by atoms with van der Waals surface area (Å²) >= 11 is 1.33. The minimum Gasteiger partial charge on any atom is -0.481 e. The molecule has 2 N–H and O–H groups in total. The van der Waals surface area contributed by atoms with Gasteiger partial charge in [-0.05, 0) is 24.6 Å². The number of carboxylic acid groups (broad SMARTS) is 1. The van der Waals surface area contributed by atoms with Gasteiger partial charge in [0, 0.05) is 11.4 Å². The van der Waals surface area contributed by atoms with Crippen molar-refractivity contribution in [3.63, 3.8) is 0 Å². The van der Waals surface area contributed by atoms with E-state index in [1.54, 1.807) is 6.92 Å². The summed E-state index contributed by atoms with van der Waals surface area (Å²) in [5, 5.41) is 11.5. The van der Waals surface area contributed by atoms with E-state index in [2.05, 4.69) is 5.32 Å². The molecule has 0 saturated heterocycles. The third-order valence-electron chi connectivity index (χ3n) is 2.32. The van der Waals surface area contributed by atoms with Crippen molar-refractivity contribution in [3.8, 4) is 0 Å². The fraction of sp³-hybridized carbons (Fsp3) is 0.385. The van der Waals surface area contributed by atoms with Gasteiger partial charge in [0.25, 0.3) is 0 Å². The first kappa shape index (κ1) is 14.6. The van der Waals surface area contributed by atoms with Gasteiger partial charge in [-0.2, -0.15) is 11.8 Å². The first-order valence-corrected chi connectivity index (χ1v) is 6.81. The van der Waals surface area contributed by atoms with E-state index in [9.17, 15) is 9.59 Å². The number of carbonyl (C=O) groups is 2. The Morgan fingerprint density at radius 3 is 2.78 bits per heavy atom. The fourth-order valence-corrected chi connectivity index (χ4v) is 2.19. The maximum atomic E-state index is 11.6. The molecule has 98 valence electrons. The van der Waals surface area contributed by atoms with Crippen molar-refractivity contribution >= 4 is 29.3 Å². The lowest BCUT2D eigenvalue weighted by Gasteiger charge is -2.07. The maximum Gasteiger partial charge on any atom is 0.307 e. The van der Waals surface area contributed by atoms with Gasteiger partial charge in [-0.1, -0.05) is 19.1 Å². The van der Waals surface area contributed by atoms with E-state index in [0.29, 0.717) is 5.75 Å². The molecule has 0 aromatic heterocycles. The number of hydrogen-bond donors (Lipinski definition) is 2. The summed E-state index contributed by atoms with van der Waals surface area (Å²) in [6.07, 6.45) is 0. The molecule has 1 unspecified atom stereocenters. The average molecular weight is 267 g/mol. The summed E-state index contributed by atoms with van der Waals surface area (Å²) in [5.74, 6) is -0.658. The van der Waals surface area contributed by atoms with Gasteiger partial charge >= 0.3 is 5.97 Å². The number of rotatable bonds is 6. The van der Waals surface area contributed by atoms with E-state index in [1.165, 1.54) is 11.8 Å². The molecule has 4 nitrogen and oxygen atoms in total. The molecule has 1 atom stereocenters. The number of anilines is 1. The van der Waals surface area contributed by atoms with Crippen LogP contribution >= 0.6 is 11.8 Å². The number of aryl methyl sites for hydroxylation is 1. The van der Waals surface area contributed by atoms with Crippen molar-refractivity contribution in [2.75, 3.05) is 16.8 Å². The van der Waals surface area contributed by atoms with Crippen molar-refractivity contribution in [2.24, 2.45) is 5.92 Å². The number of carboxylic acids is 1. The average Bonchev–Trinajstić information content (AvgIpc) is 2.28. The van der Waals surface area contributed by atoms with Gasteiger partial charge in [0.2, 0.25) is 5.91 Å². The lowest BCUT2D eigenvalue weighted by atomic mass is 10.2. The Hall–Kier alpha value is -1.49. The molecule has 0 saturated carbocycles. The number of aliphatic carboxylic acids is 1. The molecule has 1 aromatic rings. The molecule has 0 aliphatic carbocycles. The van der Waals surface area contributed by atoms with Crippen LogP contribution in [0.15, 0.2) is 24.3 Å². The van der Waals surface area contributed by atoms with Gasteiger partial charge in [-0.25, -0.2) is 0 Å². The summed E-state index contributed by atoms with van der Waals surface area (Å²) in [6.45, 7) is 3.59. The zero-order chi connectivity index (χ0) is 13.5. The Balaban J connectivity index is 2.32. The molecule has 0 bridgehead atoms. The highest BCUT2D eigenvalue weighted by Crippen LogP contribution is 2.12. The van der Waals surface area contributed by atoms with Gasteiger partial charge in [0.05, 0.1) is 11.7 Å². The normalized spacial score (nSPS) is 11.9. The number of amides is 1. The number of thioether (sulfide) groups is 1. The van der Waals surface area contributed by atoms with Crippen LogP contribution in [0.3, 0.4) is 0 Å². The molecule has 0 radical (unpaired) electrons. The van der Waals surface area contributed by atoms with Gasteiger partial charge in [-0.15, -0.1) is 0 Å². The largest absolute Gasteiger partial charge is 0.481 e. The minimum absolute atomic E-state index is 0.108. The second-order valence-electron chi connectivity index (χ2n) is 4.17. The smallest absolute Gasteiger partial charge is 0.307 e. The molecule has 0 aliphatic rings. The van der Waals surface area contributed by atoms with E-state index in [1.807, 2.05) is 31.2 Å². The van der Waals surface area contributed by atoms with E-state index in [-0.39, 0.29) is 11.7 Å². The second kappa shape index (κ2) is 7.06. The Labute approximate surface area is 111 Å². The summed E-state index contributed by atoms with van der Waals surface area (Å²) < 4.78 is 0. The van der Waals surface area contributed by atoms with Crippen molar-refractivity contribution in [2.45, 2.75) is 13.8 Å². The van der Waals surface area contributed by atoms with Crippen LogP contribution in [0.1, 0.15) is 12.5 Å². The van der Waals surface area contributed by atoms with Gasteiger partial charge < -0.3 is 10.4 Å². The number of carbonyl (C=O) groups excluding carboxylic acids is 1. The molecule has 1 amide bonds. The highest BCUT2D eigenvalue weighted by Gasteiger charge is 2.11. The Bertz CT molecular complexity index is 434. The van der Waals surface area contributed by atoms with E-state index in [4.69, 9.17) is 5.11 Å². The molecule has 0 heterocycles. The highest BCUT2D eigenvalue weighted by molar-refractivity contribution is 8.00. The van der Waals surface area contributed by atoms with Crippen molar-refractivity contribution in [1.29, 1.82) is 0 Å². The summed E-state index contributed by atoms with van der Waals surface area (Å²) in [6, 6.07) is 7.56. The predicted molar refractivity (Wildman–Crippen MR) is 73.9 cm³/mol. The summed E-state index contributed by atoms with van der Waals surface area (Å²) in [5.41, 5.74) is 1.85. The van der Waals surface area contributed by atoms with Crippen molar-refractivity contribution < 1.29 is 14.7 Å². The topological polar surface area (TPSA) is 66.4 Å². The third-order valence-corrected chi connectivity index (χ3v) is 3.53. The molecular formula is C13H17NO3S. The zero-order valence-corrected chi connectivity index (χ0v) is 11.3. The van der Waals surface area contributed by atoms with E-state index >= 15 is 0 Å². The Morgan fingerprint density at radius 1 is 1.44 bits per heavy atom. The van der Waals surface area contributed by atoms with Crippen molar-refractivity contribution in [3.05, 3.63) is 29.8 Å². The molecule has 18 heavy (non-hydrogen) atoms. The highest BCUT2D eigenvalue weighted by atomic mass is 32.2. The first-order valence-electron chi connectivity index (χ1n) is 5.66. The van der Waals surface area contributed by atoms with Crippen LogP contribution in [0.2, 0.25) is 0 Å². The van der Waals surface area contributed by atoms with E-state index in [0.717, 1.165) is 11.3 Å². The minimum atomic E-state index is -0.832. The molecule has 0 aliphatic heterocycles. The van der Waals surface area contributed by atoms with Crippen LogP contribution < -0.4 is 5.32 Å². The number of nitrogens with one attached hydrogen (secondary N) is 1. The van der Waals surface area contributed by atoms with Gasteiger partial charge in [0.15, 0.2) is 0 Å². The molecule has 0 fully saturated rings. The third kappa shape index (κ3) is 5.23.